The zero-order valence-electron chi connectivity index (χ0n) is 12.4. The van der Waals surface area contributed by atoms with Crippen molar-refractivity contribution in [3.05, 3.63) is 53.9 Å². The molecule has 0 bridgehead atoms. The standard InChI is InChI=1S/C16H21N3O2/c1-12(2)15(16(20)21)17-8-14-9-18-19(11-14)10-13-6-4-3-5-7-13/h3-7,9,11-12,15,17H,8,10H2,1-2H3,(H,20,21). The van der Waals surface area contributed by atoms with E-state index in [-0.39, 0.29) is 5.92 Å². The Hall–Kier alpha value is -2.14. The molecule has 2 rings (SSSR count). The van der Waals surface area contributed by atoms with Gasteiger partial charge >= 0.3 is 5.97 Å². The van der Waals surface area contributed by atoms with Crippen molar-refractivity contribution in [1.82, 2.24) is 15.1 Å². The molecule has 5 nitrogen and oxygen atoms in total. The molecule has 0 saturated heterocycles. The Morgan fingerprint density at radius 1 is 1.29 bits per heavy atom. The first-order valence-electron chi connectivity index (χ1n) is 7.07. The number of carboxylic acid groups (broad SMARTS) is 1. The van der Waals surface area contributed by atoms with E-state index < -0.39 is 12.0 Å². The summed E-state index contributed by atoms with van der Waals surface area (Å²) < 4.78 is 1.86. The van der Waals surface area contributed by atoms with Crippen molar-refractivity contribution in [3.8, 4) is 0 Å². The zero-order chi connectivity index (χ0) is 15.2. The number of aromatic nitrogens is 2. The van der Waals surface area contributed by atoms with Crippen LogP contribution in [0.5, 0.6) is 0 Å². The summed E-state index contributed by atoms with van der Waals surface area (Å²) in [5.74, 6) is -0.774. The molecule has 0 radical (unpaired) electrons. The van der Waals surface area contributed by atoms with Gasteiger partial charge in [-0.25, -0.2) is 0 Å². The average Bonchev–Trinajstić information content (AvgIpc) is 2.87. The van der Waals surface area contributed by atoms with E-state index in [0.29, 0.717) is 13.1 Å². The van der Waals surface area contributed by atoms with E-state index in [1.54, 1.807) is 6.20 Å². The first-order chi connectivity index (χ1) is 10.1. The Morgan fingerprint density at radius 2 is 2.00 bits per heavy atom. The van der Waals surface area contributed by atoms with Gasteiger partial charge in [0.25, 0.3) is 0 Å². The monoisotopic (exact) mass is 287 g/mol. The van der Waals surface area contributed by atoms with Crippen LogP contribution in [0.15, 0.2) is 42.7 Å². The molecular weight excluding hydrogens is 266 g/mol. The molecule has 0 spiro atoms. The average molecular weight is 287 g/mol. The Kier molecular flexibility index (Phi) is 5.11. The minimum absolute atomic E-state index is 0.0434. The number of carboxylic acids is 1. The highest BCUT2D eigenvalue weighted by Gasteiger charge is 2.20. The van der Waals surface area contributed by atoms with Crippen molar-refractivity contribution in [2.45, 2.75) is 33.0 Å². The van der Waals surface area contributed by atoms with Crippen molar-refractivity contribution < 1.29 is 9.90 Å². The largest absolute Gasteiger partial charge is 0.480 e. The highest BCUT2D eigenvalue weighted by Crippen LogP contribution is 2.06. The van der Waals surface area contributed by atoms with E-state index in [1.807, 2.05) is 42.9 Å². The number of benzene rings is 1. The van der Waals surface area contributed by atoms with Crippen LogP contribution in [0, 0.1) is 5.92 Å². The third-order valence-electron chi connectivity index (χ3n) is 3.33. The molecule has 1 aromatic carbocycles. The van der Waals surface area contributed by atoms with E-state index in [2.05, 4.69) is 22.5 Å². The van der Waals surface area contributed by atoms with Gasteiger partial charge < -0.3 is 5.11 Å². The Morgan fingerprint density at radius 3 is 2.62 bits per heavy atom. The summed E-state index contributed by atoms with van der Waals surface area (Å²) in [5, 5.41) is 16.5. The van der Waals surface area contributed by atoms with E-state index in [1.165, 1.54) is 5.56 Å². The molecule has 0 aliphatic heterocycles. The summed E-state index contributed by atoms with van der Waals surface area (Å²) in [6.45, 7) is 5.01. The summed E-state index contributed by atoms with van der Waals surface area (Å²) in [5.41, 5.74) is 2.17. The SMILES string of the molecule is CC(C)C(NCc1cnn(Cc2ccccc2)c1)C(=O)O. The minimum atomic E-state index is -0.818. The van der Waals surface area contributed by atoms with Gasteiger partial charge in [0.1, 0.15) is 6.04 Å². The van der Waals surface area contributed by atoms with E-state index >= 15 is 0 Å². The van der Waals surface area contributed by atoms with E-state index in [9.17, 15) is 4.79 Å². The number of hydrogen-bond donors (Lipinski definition) is 2. The molecule has 0 saturated carbocycles. The van der Waals surface area contributed by atoms with Crippen LogP contribution in [0.2, 0.25) is 0 Å². The van der Waals surface area contributed by atoms with Gasteiger partial charge in [0.05, 0.1) is 12.7 Å². The molecule has 2 N–H and O–H groups in total. The third kappa shape index (κ3) is 4.43. The molecule has 0 amide bonds. The minimum Gasteiger partial charge on any atom is -0.480 e. The lowest BCUT2D eigenvalue weighted by Gasteiger charge is -2.17. The van der Waals surface area contributed by atoms with E-state index in [4.69, 9.17) is 5.11 Å². The molecule has 1 aromatic heterocycles. The van der Waals surface area contributed by atoms with Gasteiger partial charge in [-0.15, -0.1) is 0 Å². The third-order valence-corrected chi connectivity index (χ3v) is 3.33. The van der Waals surface area contributed by atoms with E-state index in [0.717, 1.165) is 5.56 Å². The van der Waals surface area contributed by atoms with Crippen molar-refractivity contribution in [1.29, 1.82) is 0 Å². The topological polar surface area (TPSA) is 67.2 Å². The number of nitrogens with zero attached hydrogens (tertiary/aromatic N) is 2. The molecule has 21 heavy (non-hydrogen) atoms. The molecule has 0 aliphatic carbocycles. The number of rotatable bonds is 7. The van der Waals surface area contributed by atoms with Crippen molar-refractivity contribution in [2.75, 3.05) is 0 Å². The maximum absolute atomic E-state index is 11.1. The number of hydrogen-bond acceptors (Lipinski definition) is 3. The van der Waals surface area contributed by atoms with Gasteiger partial charge in [-0.1, -0.05) is 44.2 Å². The summed E-state index contributed by atoms with van der Waals surface area (Å²) in [7, 11) is 0. The lowest BCUT2D eigenvalue weighted by molar-refractivity contribution is -0.140. The summed E-state index contributed by atoms with van der Waals surface area (Å²) in [6, 6.07) is 9.56. The molecule has 0 aliphatic rings. The van der Waals surface area contributed by atoms with Crippen LogP contribution in [0.25, 0.3) is 0 Å². The first kappa shape index (κ1) is 15.3. The summed E-state index contributed by atoms with van der Waals surface area (Å²) in [6.07, 6.45) is 3.72. The second-order valence-electron chi connectivity index (χ2n) is 5.47. The first-order valence-corrected chi connectivity index (χ1v) is 7.07. The fourth-order valence-corrected chi connectivity index (χ4v) is 2.19. The van der Waals surface area contributed by atoms with Gasteiger partial charge in [0.2, 0.25) is 0 Å². The number of aliphatic carboxylic acids is 1. The molecule has 0 fully saturated rings. The summed E-state index contributed by atoms with van der Waals surface area (Å²) >= 11 is 0. The van der Waals surface area contributed by atoms with Gasteiger partial charge in [-0.3, -0.25) is 14.8 Å². The molecule has 1 heterocycles. The summed E-state index contributed by atoms with van der Waals surface area (Å²) in [4.78, 5) is 11.1. The highest BCUT2D eigenvalue weighted by molar-refractivity contribution is 5.73. The molecular formula is C16H21N3O2. The van der Waals surface area contributed by atoms with Crippen LogP contribution >= 0.6 is 0 Å². The highest BCUT2D eigenvalue weighted by atomic mass is 16.4. The van der Waals surface area contributed by atoms with Crippen LogP contribution in [-0.4, -0.2) is 26.9 Å². The molecule has 1 atom stereocenters. The fraction of sp³-hybridized carbons (Fsp3) is 0.375. The molecule has 112 valence electrons. The van der Waals surface area contributed by atoms with Crippen LogP contribution < -0.4 is 5.32 Å². The molecule has 5 heteroatoms. The number of carbonyl (C=O) groups is 1. The lowest BCUT2D eigenvalue weighted by Crippen LogP contribution is -2.40. The van der Waals surface area contributed by atoms with Gasteiger partial charge in [-0.05, 0) is 11.5 Å². The van der Waals surface area contributed by atoms with Crippen molar-refractivity contribution in [2.24, 2.45) is 5.92 Å². The Bertz CT molecular complexity index is 578. The van der Waals surface area contributed by atoms with Gasteiger partial charge in [0, 0.05) is 18.3 Å². The van der Waals surface area contributed by atoms with Crippen molar-refractivity contribution in [3.63, 3.8) is 0 Å². The Balaban J connectivity index is 1.93. The predicted molar refractivity (Wildman–Crippen MR) is 80.9 cm³/mol. The quantitative estimate of drug-likeness (QED) is 0.818. The van der Waals surface area contributed by atoms with Crippen molar-refractivity contribution >= 4 is 5.97 Å². The fourth-order valence-electron chi connectivity index (χ4n) is 2.19. The predicted octanol–water partition coefficient (Wildman–Crippen LogP) is 2.13. The van der Waals surface area contributed by atoms with Crippen LogP contribution in [0.3, 0.4) is 0 Å². The smallest absolute Gasteiger partial charge is 0.320 e. The molecule has 1 unspecified atom stereocenters. The van der Waals surface area contributed by atoms with Gasteiger partial charge in [0.15, 0.2) is 0 Å². The lowest BCUT2D eigenvalue weighted by atomic mass is 10.0. The van der Waals surface area contributed by atoms with Crippen LogP contribution in [0.1, 0.15) is 25.0 Å². The zero-order valence-corrected chi connectivity index (χ0v) is 12.4. The van der Waals surface area contributed by atoms with Gasteiger partial charge in [-0.2, -0.15) is 5.10 Å². The normalized spacial score (nSPS) is 12.5. The maximum atomic E-state index is 11.1. The van der Waals surface area contributed by atoms with Crippen LogP contribution in [-0.2, 0) is 17.9 Å². The van der Waals surface area contributed by atoms with Crippen LogP contribution in [0.4, 0.5) is 0 Å². The number of nitrogens with one attached hydrogen (secondary N) is 1. The molecule has 2 aromatic rings. The second kappa shape index (κ2) is 7.04. The Labute approximate surface area is 124 Å². The second-order valence-corrected chi connectivity index (χ2v) is 5.47. The maximum Gasteiger partial charge on any atom is 0.320 e.